The number of nitrogens with zero attached hydrogens (tertiary/aromatic N) is 1. The predicted octanol–water partition coefficient (Wildman–Crippen LogP) is 2.15. The molecule has 1 unspecified atom stereocenters. The highest BCUT2D eigenvalue weighted by atomic mass is 32.2. The summed E-state index contributed by atoms with van der Waals surface area (Å²) in [4.78, 5) is 26.0. The van der Waals surface area contributed by atoms with Gasteiger partial charge in [0.15, 0.2) is 0 Å². The van der Waals surface area contributed by atoms with Crippen LogP contribution in [0.5, 0.6) is 0 Å². The van der Waals surface area contributed by atoms with Gasteiger partial charge in [0.1, 0.15) is 0 Å². The molecule has 1 heterocycles. The van der Waals surface area contributed by atoms with Gasteiger partial charge in [0.25, 0.3) is 0 Å². The maximum Gasteiger partial charge on any atom is 0.232 e. The van der Waals surface area contributed by atoms with Crippen LogP contribution in [-0.4, -0.2) is 54.5 Å². The Balaban J connectivity index is 1.73. The van der Waals surface area contributed by atoms with Crippen LogP contribution >= 0.6 is 11.8 Å². The topological polar surface area (TPSA) is 58.6 Å². The quantitative estimate of drug-likeness (QED) is 0.819. The van der Waals surface area contributed by atoms with Crippen molar-refractivity contribution in [2.45, 2.75) is 26.3 Å². The Kier molecular flexibility index (Phi) is 7.59. The third-order valence-corrected chi connectivity index (χ3v) is 4.96. The van der Waals surface area contributed by atoms with Gasteiger partial charge in [0, 0.05) is 13.1 Å². The molecule has 132 valence electrons. The van der Waals surface area contributed by atoms with Gasteiger partial charge in [-0.2, -0.15) is 0 Å². The molecule has 1 saturated heterocycles. The molecular weight excluding hydrogens is 324 g/mol. The first-order valence-electron chi connectivity index (χ1n) is 8.39. The monoisotopic (exact) mass is 350 g/mol. The van der Waals surface area contributed by atoms with Crippen LogP contribution in [0, 0.1) is 6.92 Å². The molecule has 2 amide bonds. The van der Waals surface area contributed by atoms with Crippen molar-refractivity contribution in [2.24, 2.45) is 0 Å². The van der Waals surface area contributed by atoms with Gasteiger partial charge in [0.05, 0.1) is 30.8 Å². The number of nitrogens with one attached hydrogen (secondary N) is 1. The lowest BCUT2D eigenvalue weighted by Crippen LogP contribution is -2.41. The molecule has 1 aromatic carbocycles. The van der Waals surface area contributed by atoms with E-state index in [4.69, 9.17) is 4.74 Å². The van der Waals surface area contributed by atoms with E-state index in [-0.39, 0.29) is 17.9 Å². The van der Waals surface area contributed by atoms with Crippen molar-refractivity contribution in [1.82, 2.24) is 10.2 Å². The lowest BCUT2D eigenvalue weighted by atomic mass is 10.0. The molecule has 0 saturated carbocycles. The van der Waals surface area contributed by atoms with Crippen molar-refractivity contribution < 1.29 is 14.3 Å². The number of ether oxygens (including phenoxy) is 1. The van der Waals surface area contributed by atoms with Crippen LogP contribution in [0.3, 0.4) is 0 Å². The number of carbonyl (C=O) groups is 2. The second-order valence-electron chi connectivity index (χ2n) is 5.92. The Labute approximate surface area is 148 Å². The summed E-state index contributed by atoms with van der Waals surface area (Å²) in [6.07, 6.45) is 0.839. The van der Waals surface area contributed by atoms with Crippen LogP contribution in [0.25, 0.3) is 0 Å². The molecule has 0 bridgehead atoms. The fourth-order valence-corrected chi connectivity index (χ4v) is 3.32. The normalized spacial score (nSPS) is 15.8. The minimum atomic E-state index is -0.0257. The van der Waals surface area contributed by atoms with Crippen LogP contribution in [0.1, 0.15) is 30.5 Å². The molecule has 1 aliphatic rings. The molecule has 5 nitrogen and oxygen atoms in total. The molecule has 1 N–H and O–H groups in total. The fraction of sp³-hybridized carbons (Fsp3) is 0.556. The van der Waals surface area contributed by atoms with Crippen molar-refractivity contribution in [1.29, 1.82) is 0 Å². The Morgan fingerprint density at radius 3 is 2.50 bits per heavy atom. The number of aryl methyl sites for hydroxylation is 1. The summed E-state index contributed by atoms with van der Waals surface area (Å²) >= 11 is 1.37. The highest BCUT2D eigenvalue weighted by Crippen LogP contribution is 2.17. The van der Waals surface area contributed by atoms with Gasteiger partial charge < -0.3 is 15.0 Å². The van der Waals surface area contributed by atoms with E-state index in [2.05, 4.69) is 36.5 Å². The average Bonchev–Trinajstić information content (AvgIpc) is 2.61. The van der Waals surface area contributed by atoms with Crippen molar-refractivity contribution >= 4 is 23.6 Å². The van der Waals surface area contributed by atoms with Crippen LogP contribution in [0.2, 0.25) is 0 Å². The summed E-state index contributed by atoms with van der Waals surface area (Å²) in [5.74, 6) is 0.705. The number of hydrogen-bond donors (Lipinski definition) is 1. The molecule has 0 aromatic heterocycles. The third-order valence-electron chi connectivity index (χ3n) is 4.05. The van der Waals surface area contributed by atoms with E-state index in [9.17, 15) is 9.59 Å². The van der Waals surface area contributed by atoms with Crippen molar-refractivity contribution in [3.8, 4) is 0 Å². The van der Waals surface area contributed by atoms with Gasteiger partial charge in [0.2, 0.25) is 11.8 Å². The maximum absolute atomic E-state index is 12.1. The van der Waals surface area contributed by atoms with Crippen molar-refractivity contribution in [3.05, 3.63) is 35.4 Å². The SMILES string of the molecule is CCC(NC(=O)CSCC(=O)N1CCOCC1)c1ccc(C)cc1. The van der Waals surface area contributed by atoms with Crippen molar-refractivity contribution in [2.75, 3.05) is 37.8 Å². The van der Waals surface area contributed by atoms with Crippen molar-refractivity contribution in [3.63, 3.8) is 0 Å². The van der Waals surface area contributed by atoms with E-state index >= 15 is 0 Å². The van der Waals surface area contributed by atoms with E-state index in [0.717, 1.165) is 12.0 Å². The minimum absolute atomic E-state index is 0.0219. The zero-order valence-electron chi connectivity index (χ0n) is 14.4. The summed E-state index contributed by atoms with van der Waals surface area (Å²) in [7, 11) is 0. The number of benzene rings is 1. The Hall–Kier alpha value is -1.53. The van der Waals surface area contributed by atoms with E-state index in [1.54, 1.807) is 4.90 Å². The van der Waals surface area contributed by atoms with Gasteiger partial charge in [-0.1, -0.05) is 36.8 Å². The Morgan fingerprint density at radius 2 is 1.88 bits per heavy atom. The molecule has 0 spiro atoms. The summed E-state index contributed by atoms with van der Waals surface area (Å²) in [6.45, 7) is 6.61. The zero-order valence-corrected chi connectivity index (χ0v) is 15.2. The molecule has 24 heavy (non-hydrogen) atoms. The molecule has 0 aliphatic carbocycles. The van der Waals surface area contributed by atoms with E-state index in [0.29, 0.717) is 37.8 Å². The number of carbonyl (C=O) groups excluding carboxylic acids is 2. The molecule has 1 aromatic rings. The Morgan fingerprint density at radius 1 is 1.21 bits per heavy atom. The number of thioether (sulfide) groups is 1. The first-order chi connectivity index (χ1) is 11.6. The molecule has 1 fully saturated rings. The summed E-state index contributed by atoms with van der Waals surface area (Å²) < 4.78 is 5.23. The van der Waals surface area contributed by atoms with E-state index in [1.165, 1.54) is 17.3 Å². The van der Waals surface area contributed by atoms with Crippen LogP contribution in [-0.2, 0) is 14.3 Å². The second-order valence-corrected chi connectivity index (χ2v) is 6.91. The fourth-order valence-electron chi connectivity index (χ4n) is 2.59. The van der Waals surface area contributed by atoms with E-state index in [1.807, 2.05) is 6.92 Å². The lowest BCUT2D eigenvalue weighted by Gasteiger charge is -2.26. The van der Waals surface area contributed by atoms with Gasteiger partial charge >= 0.3 is 0 Å². The van der Waals surface area contributed by atoms with Gasteiger partial charge in [-0.25, -0.2) is 0 Å². The smallest absolute Gasteiger partial charge is 0.232 e. The van der Waals surface area contributed by atoms with Gasteiger partial charge in [-0.05, 0) is 18.9 Å². The lowest BCUT2D eigenvalue weighted by molar-refractivity contribution is -0.132. The highest BCUT2D eigenvalue weighted by molar-refractivity contribution is 8.00. The standard InChI is InChI=1S/C18H26N2O3S/c1-3-16(15-6-4-14(2)5-7-15)19-17(21)12-24-13-18(22)20-8-10-23-11-9-20/h4-7,16H,3,8-13H2,1-2H3,(H,19,21). The average molecular weight is 350 g/mol. The number of amides is 2. The number of hydrogen-bond acceptors (Lipinski definition) is 4. The maximum atomic E-state index is 12.1. The first-order valence-corrected chi connectivity index (χ1v) is 9.54. The predicted molar refractivity (Wildman–Crippen MR) is 97.1 cm³/mol. The Bertz CT molecular complexity index is 542. The number of morpholine rings is 1. The molecule has 1 aliphatic heterocycles. The largest absolute Gasteiger partial charge is 0.378 e. The molecule has 6 heteroatoms. The first kappa shape index (κ1) is 18.8. The molecular formula is C18H26N2O3S. The van der Waals surface area contributed by atoms with E-state index < -0.39 is 0 Å². The van der Waals surface area contributed by atoms with Gasteiger partial charge in [-0.15, -0.1) is 11.8 Å². The highest BCUT2D eigenvalue weighted by Gasteiger charge is 2.18. The van der Waals surface area contributed by atoms with Crippen LogP contribution in [0.15, 0.2) is 24.3 Å². The molecule has 1 atom stereocenters. The third kappa shape index (κ3) is 5.83. The summed E-state index contributed by atoms with van der Waals surface area (Å²) in [6, 6.07) is 8.24. The minimum Gasteiger partial charge on any atom is -0.378 e. The second kappa shape index (κ2) is 9.69. The zero-order chi connectivity index (χ0) is 17.4. The van der Waals surface area contributed by atoms with Crippen LogP contribution in [0.4, 0.5) is 0 Å². The molecule has 0 radical (unpaired) electrons. The van der Waals surface area contributed by atoms with Gasteiger partial charge in [-0.3, -0.25) is 9.59 Å². The number of rotatable bonds is 7. The molecule has 2 rings (SSSR count). The summed E-state index contributed by atoms with van der Waals surface area (Å²) in [5, 5.41) is 3.05. The van der Waals surface area contributed by atoms with Crippen LogP contribution < -0.4 is 5.32 Å². The summed E-state index contributed by atoms with van der Waals surface area (Å²) in [5.41, 5.74) is 2.32.